The molecule has 2 heterocycles. The summed E-state index contributed by atoms with van der Waals surface area (Å²) in [6, 6.07) is 0. The summed E-state index contributed by atoms with van der Waals surface area (Å²) in [6.45, 7) is 6.88. The summed E-state index contributed by atoms with van der Waals surface area (Å²) in [6.07, 6.45) is 4.81. The predicted octanol–water partition coefficient (Wildman–Crippen LogP) is 1.19. The highest BCUT2D eigenvalue weighted by Crippen LogP contribution is 2.30. The van der Waals surface area contributed by atoms with Crippen molar-refractivity contribution in [1.29, 1.82) is 0 Å². The second-order valence-electron chi connectivity index (χ2n) is 5.31. The lowest BCUT2D eigenvalue weighted by Gasteiger charge is -2.32. The van der Waals surface area contributed by atoms with Crippen molar-refractivity contribution in [3.8, 4) is 0 Å². The van der Waals surface area contributed by atoms with E-state index in [1.54, 1.807) is 6.33 Å². The van der Waals surface area contributed by atoms with Gasteiger partial charge in [-0.25, -0.2) is 9.67 Å². The topological polar surface area (TPSA) is 59.8 Å². The zero-order valence-electron chi connectivity index (χ0n) is 11.3. The van der Waals surface area contributed by atoms with Crippen LogP contribution in [-0.4, -0.2) is 33.6 Å². The first kappa shape index (κ1) is 13.2. The van der Waals surface area contributed by atoms with Crippen molar-refractivity contribution in [3.63, 3.8) is 0 Å². The van der Waals surface area contributed by atoms with Crippen molar-refractivity contribution >= 4 is 5.78 Å². The van der Waals surface area contributed by atoms with Gasteiger partial charge in [-0.15, -0.1) is 0 Å². The molecule has 0 aliphatic carbocycles. The summed E-state index contributed by atoms with van der Waals surface area (Å²) in [5.74, 6) is 1.11. The smallest absolute Gasteiger partial charge is 0.146 e. The van der Waals surface area contributed by atoms with Crippen molar-refractivity contribution in [2.45, 2.75) is 46.1 Å². The van der Waals surface area contributed by atoms with E-state index < -0.39 is 0 Å². The number of piperidine rings is 1. The van der Waals surface area contributed by atoms with Gasteiger partial charge in [0.1, 0.15) is 17.9 Å². The van der Waals surface area contributed by atoms with Gasteiger partial charge in [-0.2, -0.15) is 5.10 Å². The van der Waals surface area contributed by atoms with Gasteiger partial charge in [0.25, 0.3) is 0 Å². The van der Waals surface area contributed by atoms with Crippen LogP contribution in [-0.2, 0) is 17.8 Å². The molecule has 0 unspecified atom stereocenters. The van der Waals surface area contributed by atoms with Crippen molar-refractivity contribution in [3.05, 3.63) is 12.2 Å². The molecule has 5 nitrogen and oxygen atoms in total. The van der Waals surface area contributed by atoms with Crippen LogP contribution in [0.1, 0.15) is 38.9 Å². The van der Waals surface area contributed by atoms with Gasteiger partial charge in [0, 0.05) is 12.0 Å². The highest BCUT2D eigenvalue weighted by molar-refractivity contribution is 5.86. The summed E-state index contributed by atoms with van der Waals surface area (Å²) >= 11 is 0. The fourth-order valence-electron chi connectivity index (χ4n) is 2.44. The van der Waals surface area contributed by atoms with Gasteiger partial charge in [-0.05, 0) is 32.4 Å². The fourth-order valence-corrected chi connectivity index (χ4v) is 2.44. The molecule has 1 aliphatic heterocycles. The maximum absolute atomic E-state index is 12.4. The van der Waals surface area contributed by atoms with Crippen molar-refractivity contribution in [2.24, 2.45) is 5.41 Å². The molecule has 1 saturated heterocycles. The maximum Gasteiger partial charge on any atom is 0.146 e. The van der Waals surface area contributed by atoms with E-state index in [2.05, 4.69) is 29.2 Å². The molecule has 1 N–H and O–H groups in total. The normalized spacial score (nSPS) is 18.8. The van der Waals surface area contributed by atoms with E-state index in [4.69, 9.17) is 0 Å². The Morgan fingerprint density at radius 2 is 2.22 bits per heavy atom. The molecule has 1 aromatic heterocycles. The minimum absolute atomic E-state index is 0.186. The number of aryl methyl sites for hydroxylation is 1. The average molecular weight is 250 g/mol. The summed E-state index contributed by atoms with van der Waals surface area (Å²) in [5, 5.41) is 7.47. The van der Waals surface area contributed by atoms with Crippen LogP contribution in [0.4, 0.5) is 0 Å². The number of carbonyl (C=O) groups is 1. The SMILES string of the molecule is CCCn1ncnc1CC(=O)C1(C)CCNCC1. The molecular formula is C13H22N4O. The second-order valence-corrected chi connectivity index (χ2v) is 5.31. The van der Waals surface area contributed by atoms with Gasteiger partial charge in [0.05, 0.1) is 6.42 Å². The number of carbonyl (C=O) groups excluding carboxylic acids is 1. The lowest BCUT2D eigenvalue weighted by Crippen LogP contribution is -2.41. The highest BCUT2D eigenvalue weighted by atomic mass is 16.1. The lowest BCUT2D eigenvalue weighted by atomic mass is 9.76. The number of rotatable bonds is 5. The number of hydrogen-bond acceptors (Lipinski definition) is 4. The summed E-state index contributed by atoms with van der Waals surface area (Å²) in [4.78, 5) is 16.7. The predicted molar refractivity (Wildman–Crippen MR) is 69.2 cm³/mol. The van der Waals surface area contributed by atoms with Crippen LogP contribution in [0.3, 0.4) is 0 Å². The Morgan fingerprint density at radius 3 is 2.89 bits per heavy atom. The first-order valence-electron chi connectivity index (χ1n) is 6.76. The van der Waals surface area contributed by atoms with E-state index in [9.17, 15) is 4.79 Å². The minimum atomic E-state index is -0.186. The van der Waals surface area contributed by atoms with E-state index in [-0.39, 0.29) is 5.41 Å². The molecule has 0 aromatic carbocycles. The van der Waals surface area contributed by atoms with Crippen LogP contribution in [0.25, 0.3) is 0 Å². The van der Waals surface area contributed by atoms with Gasteiger partial charge in [0.15, 0.2) is 0 Å². The monoisotopic (exact) mass is 250 g/mol. The van der Waals surface area contributed by atoms with Crippen LogP contribution in [0, 0.1) is 5.41 Å². The Morgan fingerprint density at radius 1 is 1.50 bits per heavy atom. The van der Waals surface area contributed by atoms with Gasteiger partial charge in [-0.3, -0.25) is 4.79 Å². The van der Waals surface area contributed by atoms with Crippen molar-refractivity contribution in [1.82, 2.24) is 20.1 Å². The number of nitrogens with zero attached hydrogens (tertiary/aromatic N) is 3. The van der Waals surface area contributed by atoms with Gasteiger partial charge in [0.2, 0.25) is 0 Å². The molecule has 0 atom stereocenters. The molecule has 100 valence electrons. The third kappa shape index (κ3) is 2.77. The molecule has 18 heavy (non-hydrogen) atoms. The van der Waals surface area contributed by atoms with Crippen molar-refractivity contribution in [2.75, 3.05) is 13.1 Å². The molecule has 0 spiro atoms. The maximum atomic E-state index is 12.4. The third-order valence-electron chi connectivity index (χ3n) is 3.83. The number of Topliss-reactive ketones (excluding diaryl/α,β-unsaturated/α-hetero) is 1. The highest BCUT2D eigenvalue weighted by Gasteiger charge is 2.34. The molecule has 1 aliphatic rings. The first-order chi connectivity index (χ1) is 8.65. The standard InChI is InChI=1S/C13H22N4O/c1-3-8-17-12(15-10-16-17)9-11(18)13(2)4-6-14-7-5-13/h10,14H,3-9H2,1-2H3. The minimum Gasteiger partial charge on any atom is -0.317 e. The van der Waals surface area contributed by atoms with Gasteiger partial charge < -0.3 is 5.32 Å². The molecular weight excluding hydrogens is 228 g/mol. The third-order valence-corrected chi connectivity index (χ3v) is 3.83. The van der Waals surface area contributed by atoms with Crippen LogP contribution in [0.5, 0.6) is 0 Å². The van der Waals surface area contributed by atoms with Crippen LogP contribution in [0.2, 0.25) is 0 Å². The largest absolute Gasteiger partial charge is 0.317 e. The fraction of sp³-hybridized carbons (Fsp3) is 0.769. The Labute approximate surface area is 108 Å². The Hall–Kier alpha value is -1.23. The summed E-state index contributed by atoms with van der Waals surface area (Å²) < 4.78 is 1.85. The van der Waals surface area contributed by atoms with E-state index in [0.29, 0.717) is 12.2 Å². The van der Waals surface area contributed by atoms with Gasteiger partial charge in [-0.1, -0.05) is 13.8 Å². The summed E-state index contributed by atoms with van der Waals surface area (Å²) in [5.41, 5.74) is -0.186. The van der Waals surface area contributed by atoms with E-state index in [1.165, 1.54) is 0 Å². The van der Waals surface area contributed by atoms with Crippen LogP contribution in [0.15, 0.2) is 6.33 Å². The number of aromatic nitrogens is 3. The Bertz CT molecular complexity index is 407. The van der Waals surface area contributed by atoms with E-state index >= 15 is 0 Å². The molecule has 0 amide bonds. The summed E-state index contributed by atoms with van der Waals surface area (Å²) in [7, 11) is 0. The molecule has 0 radical (unpaired) electrons. The average Bonchev–Trinajstić information content (AvgIpc) is 2.78. The number of hydrogen-bond donors (Lipinski definition) is 1. The van der Waals surface area contributed by atoms with Crippen LogP contribution < -0.4 is 5.32 Å². The van der Waals surface area contributed by atoms with Crippen molar-refractivity contribution < 1.29 is 4.79 Å². The van der Waals surface area contributed by atoms with E-state index in [0.717, 1.165) is 44.7 Å². The molecule has 2 rings (SSSR count). The molecule has 1 aromatic rings. The molecule has 0 bridgehead atoms. The molecule has 1 fully saturated rings. The second kappa shape index (κ2) is 5.61. The Balaban J connectivity index is 2.03. The van der Waals surface area contributed by atoms with E-state index in [1.807, 2.05) is 4.68 Å². The molecule has 0 saturated carbocycles. The lowest BCUT2D eigenvalue weighted by molar-refractivity contribution is -0.128. The molecule has 5 heteroatoms. The quantitative estimate of drug-likeness (QED) is 0.852. The zero-order chi connectivity index (χ0) is 13.0. The Kier molecular flexibility index (Phi) is 4.11. The van der Waals surface area contributed by atoms with Gasteiger partial charge >= 0.3 is 0 Å². The van der Waals surface area contributed by atoms with Crippen LogP contribution >= 0.6 is 0 Å². The first-order valence-corrected chi connectivity index (χ1v) is 6.76. The number of ketones is 1. The number of nitrogens with one attached hydrogen (secondary N) is 1. The zero-order valence-corrected chi connectivity index (χ0v) is 11.3.